The largest absolute Gasteiger partial charge is 0.393 e. The molecule has 1 aromatic heterocycles. The Bertz CT molecular complexity index is 373. The number of pyridine rings is 1. The van der Waals surface area contributed by atoms with Crippen LogP contribution in [-0.2, 0) is 11.2 Å². The van der Waals surface area contributed by atoms with Gasteiger partial charge in [0.15, 0.2) is 0 Å². The summed E-state index contributed by atoms with van der Waals surface area (Å²) in [7, 11) is 0. The van der Waals surface area contributed by atoms with Gasteiger partial charge in [-0.25, -0.2) is 0 Å². The van der Waals surface area contributed by atoms with Gasteiger partial charge in [-0.3, -0.25) is 9.78 Å². The highest BCUT2D eigenvalue weighted by atomic mass is 16.3. The van der Waals surface area contributed by atoms with Crippen LogP contribution in [0.4, 0.5) is 0 Å². The molecule has 2 rings (SSSR count). The van der Waals surface area contributed by atoms with Gasteiger partial charge in [-0.1, -0.05) is 0 Å². The lowest BCUT2D eigenvalue weighted by Crippen LogP contribution is -2.35. The van der Waals surface area contributed by atoms with Crippen molar-refractivity contribution in [3.63, 3.8) is 0 Å². The van der Waals surface area contributed by atoms with E-state index >= 15 is 0 Å². The zero-order chi connectivity index (χ0) is 12.8. The van der Waals surface area contributed by atoms with Crippen LogP contribution < -0.4 is 5.32 Å². The average molecular weight is 248 g/mol. The number of nitrogens with zero attached hydrogens (tertiary/aromatic N) is 1. The third-order valence-electron chi connectivity index (χ3n) is 3.53. The number of rotatable bonds is 4. The first-order valence-electron chi connectivity index (χ1n) is 6.60. The van der Waals surface area contributed by atoms with Gasteiger partial charge >= 0.3 is 0 Å². The molecular weight excluding hydrogens is 228 g/mol. The van der Waals surface area contributed by atoms with Crippen LogP contribution >= 0.6 is 0 Å². The molecule has 1 amide bonds. The number of hydrogen-bond donors (Lipinski definition) is 2. The number of aliphatic hydroxyl groups is 1. The fourth-order valence-electron chi connectivity index (χ4n) is 2.36. The predicted molar refractivity (Wildman–Crippen MR) is 68.9 cm³/mol. The van der Waals surface area contributed by atoms with E-state index in [0.717, 1.165) is 32.1 Å². The monoisotopic (exact) mass is 248 g/mol. The standard InChI is InChI=1S/C14H20N2O2/c17-13-3-1-12(2-4-13)14(18)16-10-7-11-5-8-15-9-6-11/h5-6,8-9,12-13,17H,1-4,7,10H2,(H,16,18). The van der Waals surface area contributed by atoms with E-state index in [1.54, 1.807) is 12.4 Å². The predicted octanol–water partition coefficient (Wildman–Crippen LogP) is 1.29. The fraction of sp³-hybridized carbons (Fsp3) is 0.571. The van der Waals surface area contributed by atoms with Crippen molar-refractivity contribution in [1.29, 1.82) is 0 Å². The van der Waals surface area contributed by atoms with E-state index in [0.29, 0.717) is 6.54 Å². The third-order valence-corrected chi connectivity index (χ3v) is 3.53. The topological polar surface area (TPSA) is 62.2 Å². The minimum atomic E-state index is -0.203. The highest BCUT2D eigenvalue weighted by Crippen LogP contribution is 2.24. The molecule has 1 aromatic rings. The van der Waals surface area contributed by atoms with Gasteiger partial charge in [-0.05, 0) is 49.8 Å². The number of carbonyl (C=O) groups excluding carboxylic acids is 1. The van der Waals surface area contributed by atoms with Crippen molar-refractivity contribution in [3.05, 3.63) is 30.1 Å². The van der Waals surface area contributed by atoms with Gasteiger partial charge in [-0.2, -0.15) is 0 Å². The molecule has 0 atom stereocenters. The maximum Gasteiger partial charge on any atom is 0.223 e. The van der Waals surface area contributed by atoms with Gasteiger partial charge in [-0.15, -0.1) is 0 Å². The second-order valence-corrected chi connectivity index (χ2v) is 4.90. The molecule has 4 nitrogen and oxygen atoms in total. The van der Waals surface area contributed by atoms with E-state index in [4.69, 9.17) is 0 Å². The van der Waals surface area contributed by atoms with E-state index < -0.39 is 0 Å². The first-order valence-corrected chi connectivity index (χ1v) is 6.60. The molecule has 0 unspecified atom stereocenters. The summed E-state index contributed by atoms with van der Waals surface area (Å²) < 4.78 is 0. The maximum atomic E-state index is 11.9. The SMILES string of the molecule is O=C(NCCc1ccncc1)C1CCC(O)CC1. The maximum absolute atomic E-state index is 11.9. The Labute approximate surface area is 107 Å². The van der Waals surface area contributed by atoms with Crippen LogP contribution in [0.15, 0.2) is 24.5 Å². The minimum absolute atomic E-state index is 0.0887. The van der Waals surface area contributed by atoms with Crippen molar-refractivity contribution in [2.45, 2.75) is 38.2 Å². The van der Waals surface area contributed by atoms with E-state index in [1.807, 2.05) is 12.1 Å². The van der Waals surface area contributed by atoms with E-state index in [-0.39, 0.29) is 17.9 Å². The molecular formula is C14H20N2O2. The first kappa shape index (κ1) is 13.0. The molecule has 1 aliphatic carbocycles. The number of aliphatic hydroxyl groups excluding tert-OH is 1. The highest BCUT2D eigenvalue weighted by molar-refractivity contribution is 5.78. The van der Waals surface area contributed by atoms with Gasteiger partial charge in [0.1, 0.15) is 0 Å². The van der Waals surface area contributed by atoms with Gasteiger partial charge in [0.05, 0.1) is 6.10 Å². The van der Waals surface area contributed by atoms with Gasteiger partial charge in [0.2, 0.25) is 5.91 Å². The first-order chi connectivity index (χ1) is 8.75. The van der Waals surface area contributed by atoms with Gasteiger partial charge in [0, 0.05) is 24.9 Å². The van der Waals surface area contributed by atoms with Crippen LogP contribution in [0.5, 0.6) is 0 Å². The van der Waals surface area contributed by atoms with Crippen LogP contribution in [0.3, 0.4) is 0 Å². The minimum Gasteiger partial charge on any atom is -0.393 e. The quantitative estimate of drug-likeness (QED) is 0.844. The Morgan fingerprint density at radius 1 is 1.28 bits per heavy atom. The third kappa shape index (κ3) is 3.81. The zero-order valence-corrected chi connectivity index (χ0v) is 10.5. The molecule has 1 saturated carbocycles. The molecule has 0 radical (unpaired) electrons. The van der Waals surface area contributed by atoms with Crippen molar-refractivity contribution >= 4 is 5.91 Å². The van der Waals surface area contributed by atoms with Crippen molar-refractivity contribution in [3.8, 4) is 0 Å². The van der Waals surface area contributed by atoms with Crippen molar-refractivity contribution in [2.24, 2.45) is 5.92 Å². The Morgan fingerprint density at radius 2 is 1.94 bits per heavy atom. The number of amides is 1. The smallest absolute Gasteiger partial charge is 0.223 e. The van der Waals surface area contributed by atoms with Gasteiger partial charge in [0.25, 0.3) is 0 Å². The Balaban J connectivity index is 1.69. The van der Waals surface area contributed by atoms with Crippen molar-refractivity contribution in [2.75, 3.05) is 6.54 Å². The Kier molecular flexibility index (Phi) is 4.70. The van der Waals surface area contributed by atoms with Crippen LogP contribution in [0.1, 0.15) is 31.2 Å². The second-order valence-electron chi connectivity index (χ2n) is 4.90. The lowest BCUT2D eigenvalue weighted by atomic mass is 9.87. The zero-order valence-electron chi connectivity index (χ0n) is 10.5. The van der Waals surface area contributed by atoms with Crippen LogP contribution in [-0.4, -0.2) is 28.6 Å². The summed E-state index contributed by atoms with van der Waals surface area (Å²) in [4.78, 5) is 15.8. The van der Waals surface area contributed by atoms with Crippen molar-refractivity contribution in [1.82, 2.24) is 10.3 Å². The number of carbonyl (C=O) groups is 1. The summed E-state index contributed by atoms with van der Waals surface area (Å²) in [6, 6.07) is 3.92. The average Bonchev–Trinajstić information content (AvgIpc) is 2.40. The number of nitrogens with one attached hydrogen (secondary N) is 1. The van der Waals surface area contributed by atoms with Gasteiger partial charge < -0.3 is 10.4 Å². The van der Waals surface area contributed by atoms with Crippen LogP contribution in [0, 0.1) is 5.92 Å². The summed E-state index contributed by atoms with van der Waals surface area (Å²) in [6.07, 6.45) is 7.28. The summed E-state index contributed by atoms with van der Waals surface area (Å²) in [5, 5.41) is 12.4. The van der Waals surface area contributed by atoms with Crippen molar-refractivity contribution < 1.29 is 9.90 Å². The lowest BCUT2D eigenvalue weighted by molar-refractivity contribution is -0.126. The molecule has 0 aromatic carbocycles. The number of hydrogen-bond acceptors (Lipinski definition) is 3. The summed E-state index contributed by atoms with van der Waals surface area (Å²) in [6.45, 7) is 0.669. The summed E-state index contributed by atoms with van der Waals surface area (Å²) in [5.41, 5.74) is 1.18. The fourth-order valence-corrected chi connectivity index (χ4v) is 2.36. The van der Waals surface area contributed by atoms with Crippen LogP contribution in [0.25, 0.3) is 0 Å². The second kappa shape index (κ2) is 6.50. The lowest BCUT2D eigenvalue weighted by Gasteiger charge is -2.24. The molecule has 4 heteroatoms. The Hall–Kier alpha value is -1.42. The molecule has 0 saturated heterocycles. The van der Waals surface area contributed by atoms with E-state index in [9.17, 15) is 9.90 Å². The molecule has 1 heterocycles. The molecule has 18 heavy (non-hydrogen) atoms. The molecule has 0 spiro atoms. The van der Waals surface area contributed by atoms with E-state index in [2.05, 4.69) is 10.3 Å². The number of aromatic nitrogens is 1. The molecule has 1 fully saturated rings. The molecule has 98 valence electrons. The van der Waals surface area contributed by atoms with Crippen LogP contribution in [0.2, 0.25) is 0 Å². The molecule has 0 aliphatic heterocycles. The molecule has 1 aliphatic rings. The highest BCUT2D eigenvalue weighted by Gasteiger charge is 2.24. The summed E-state index contributed by atoms with van der Waals surface area (Å²) in [5.74, 6) is 0.224. The summed E-state index contributed by atoms with van der Waals surface area (Å²) >= 11 is 0. The molecule has 2 N–H and O–H groups in total. The van der Waals surface area contributed by atoms with E-state index in [1.165, 1.54) is 5.56 Å². The molecule has 0 bridgehead atoms. The Morgan fingerprint density at radius 3 is 2.61 bits per heavy atom. The normalized spacial score (nSPS) is 23.6.